The van der Waals surface area contributed by atoms with E-state index in [1.807, 2.05) is 0 Å². The Hall–Kier alpha value is -3.70. The molecule has 0 atom stereocenters. The van der Waals surface area contributed by atoms with Crippen LogP contribution in [-0.4, -0.2) is 47.4 Å². The van der Waals surface area contributed by atoms with Crippen LogP contribution in [0.5, 0.6) is 23.0 Å². The van der Waals surface area contributed by atoms with E-state index in [0.29, 0.717) is 33.2 Å². The molecule has 0 aliphatic carbocycles. The van der Waals surface area contributed by atoms with Crippen molar-refractivity contribution in [2.75, 3.05) is 28.4 Å². The van der Waals surface area contributed by atoms with Gasteiger partial charge in [0.2, 0.25) is 0 Å². The van der Waals surface area contributed by atoms with Crippen LogP contribution in [0.2, 0.25) is 0 Å². The second kappa shape index (κ2) is 11.6. The molecular weight excluding hydrogens is 508 g/mol. The predicted octanol–water partition coefficient (Wildman–Crippen LogP) is 4.62. The lowest BCUT2D eigenvalue weighted by Gasteiger charge is -2.28. The molecule has 0 N–H and O–H groups in total. The number of carbonyl (C=O) groups excluding carboxylic acids is 1. The second-order valence-corrected chi connectivity index (χ2v) is 9.86. The Kier molecular flexibility index (Phi) is 8.72. The fourth-order valence-corrected chi connectivity index (χ4v) is 5.01. The van der Waals surface area contributed by atoms with Crippen molar-refractivity contribution in [1.29, 1.82) is 0 Å². The van der Waals surface area contributed by atoms with Gasteiger partial charge in [-0.1, -0.05) is 36.4 Å². The Morgan fingerprint density at radius 2 is 1.22 bits per heavy atom. The molecule has 3 aromatic carbocycles. The largest absolute Gasteiger partial charge is 0.497 e. The van der Waals surface area contributed by atoms with Crippen LogP contribution < -0.4 is 18.9 Å². The van der Waals surface area contributed by atoms with Crippen LogP contribution in [0.1, 0.15) is 27.0 Å². The first-order chi connectivity index (χ1) is 17.6. The molecule has 0 saturated heterocycles. The van der Waals surface area contributed by atoms with E-state index in [1.165, 1.54) is 40.6 Å². The number of hydrogen-bond acceptors (Lipinski definition) is 7. The van der Waals surface area contributed by atoms with Gasteiger partial charge in [-0.15, -0.1) is 0 Å². The molecule has 0 heterocycles. The van der Waals surface area contributed by atoms with E-state index in [0.717, 1.165) is 24.3 Å². The van der Waals surface area contributed by atoms with Crippen molar-refractivity contribution in [3.05, 3.63) is 82.9 Å². The van der Waals surface area contributed by atoms with Crippen molar-refractivity contribution < 1.29 is 40.9 Å². The summed E-state index contributed by atoms with van der Waals surface area (Å²) in [5.41, 5.74) is 0.0455. The normalized spacial score (nSPS) is 11.8. The van der Waals surface area contributed by atoms with Crippen LogP contribution in [0.15, 0.2) is 60.7 Å². The number of halogens is 2. The van der Waals surface area contributed by atoms with Gasteiger partial charge < -0.3 is 18.9 Å². The first-order valence-electron chi connectivity index (χ1n) is 11.0. The van der Waals surface area contributed by atoms with Gasteiger partial charge in [0.25, 0.3) is 10.0 Å². The zero-order valence-electron chi connectivity index (χ0n) is 20.7. The van der Waals surface area contributed by atoms with Gasteiger partial charge in [0.15, 0.2) is 0 Å². The molecule has 0 amide bonds. The van der Waals surface area contributed by atoms with Gasteiger partial charge in [-0.2, -0.15) is 13.1 Å². The summed E-state index contributed by atoms with van der Waals surface area (Å²) in [6.07, 6.45) is 0.481. The molecule has 0 aliphatic rings. The van der Waals surface area contributed by atoms with Crippen LogP contribution in [0, 0.1) is 0 Å². The summed E-state index contributed by atoms with van der Waals surface area (Å²) in [5.74, 6) is 1.43. The topological polar surface area (TPSA) is 91.4 Å². The number of carbonyl (C=O) groups is 1. The Morgan fingerprint density at radius 3 is 1.59 bits per heavy atom. The third-order valence-electron chi connectivity index (χ3n) is 5.73. The number of benzene rings is 3. The molecule has 0 unspecified atom stereocenters. The number of hydrogen-bond donors (Lipinski definition) is 0. The number of sulfonamides is 1. The molecular formula is C26H27F2NO7S. The lowest BCUT2D eigenvalue weighted by atomic mass is 10.1. The van der Waals surface area contributed by atoms with Crippen LogP contribution >= 0.6 is 0 Å². The Labute approximate surface area is 214 Å². The van der Waals surface area contributed by atoms with Crippen molar-refractivity contribution in [3.8, 4) is 23.0 Å². The maximum atomic E-state index is 15.6. The molecule has 0 fully saturated rings. The maximum Gasteiger partial charge on any atom is 0.384 e. The van der Waals surface area contributed by atoms with Gasteiger partial charge >= 0.3 is 5.25 Å². The summed E-state index contributed by atoms with van der Waals surface area (Å²) in [6, 6.07) is 13.4. The van der Waals surface area contributed by atoms with E-state index >= 15 is 8.78 Å². The van der Waals surface area contributed by atoms with Crippen molar-refractivity contribution in [2.45, 2.75) is 18.3 Å². The average molecular weight is 536 g/mol. The zero-order chi connectivity index (χ0) is 27.2. The van der Waals surface area contributed by atoms with Crippen molar-refractivity contribution in [2.24, 2.45) is 0 Å². The molecule has 0 saturated carbocycles. The van der Waals surface area contributed by atoms with Crippen LogP contribution in [-0.2, 0) is 28.4 Å². The van der Waals surface area contributed by atoms with Crippen molar-refractivity contribution >= 4 is 16.3 Å². The van der Waals surface area contributed by atoms with Gasteiger partial charge in [0.1, 0.15) is 29.3 Å². The number of rotatable bonds is 12. The first kappa shape index (κ1) is 27.9. The lowest BCUT2D eigenvalue weighted by Crippen LogP contribution is -2.41. The third kappa shape index (κ3) is 5.83. The highest BCUT2D eigenvalue weighted by molar-refractivity contribution is 7.89. The highest BCUT2D eigenvalue weighted by atomic mass is 32.2. The Morgan fingerprint density at radius 1 is 0.757 bits per heavy atom. The summed E-state index contributed by atoms with van der Waals surface area (Å²) < 4.78 is 80.0. The molecule has 198 valence electrons. The molecule has 0 bridgehead atoms. The van der Waals surface area contributed by atoms with E-state index < -0.39 is 33.9 Å². The molecule has 0 aliphatic heterocycles. The second-order valence-electron chi connectivity index (χ2n) is 7.89. The number of alkyl halides is 2. The summed E-state index contributed by atoms with van der Waals surface area (Å²) in [4.78, 5) is 10.9. The quantitative estimate of drug-likeness (QED) is 0.313. The van der Waals surface area contributed by atoms with Gasteiger partial charge in [-0.3, -0.25) is 4.79 Å². The number of aldehydes is 1. The summed E-state index contributed by atoms with van der Waals surface area (Å²) in [7, 11) is 0.363. The molecule has 0 aromatic heterocycles. The van der Waals surface area contributed by atoms with E-state index in [2.05, 4.69) is 0 Å². The summed E-state index contributed by atoms with van der Waals surface area (Å²) in [5, 5.41) is -4.31. The summed E-state index contributed by atoms with van der Waals surface area (Å²) in [6.45, 7) is -0.876. The van der Waals surface area contributed by atoms with Gasteiger partial charge in [-0.05, 0) is 12.1 Å². The fourth-order valence-electron chi connectivity index (χ4n) is 3.64. The van der Waals surface area contributed by atoms with Crippen LogP contribution in [0.4, 0.5) is 8.78 Å². The maximum absolute atomic E-state index is 15.6. The first-order valence-corrected chi connectivity index (χ1v) is 12.4. The number of methoxy groups -OCH3 is 4. The molecule has 8 nitrogen and oxygen atoms in total. The Balaban J connectivity index is 2.11. The minimum Gasteiger partial charge on any atom is -0.497 e. The third-order valence-corrected chi connectivity index (χ3v) is 7.55. The molecule has 11 heteroatoms. The van der Waals surface area contributed by atoms with E-state index in [1.54, 1.807) is 24.3 Å². The van der Waals surface area contributed by atoms with E-state index in [4.69, 9.17) is 18.9 Å². The molecule has 3 rings (SSSR count). The van der Waals surface area contributed by atoms with Crippen molar-refractivity contribution in [1.82, 2.24) is 4.31 Å². The highest BCUT2D eigenvalue weighted by Crippen LogP contribution is 2.39. The highest BCUT2D eigenvalue weighted by Gasteiger charge is 2.50. The average Bonchev–Trinajstić information content (AvgIpc) is 2.92. The van der Waals surface area contributed by atoms with Crippen molar-refractivity contribution in [3.63, 3.8) is 0 Å². The predicted molar refractivity (Wildman–Crippen MR) is 133 cm³/mol. The monoisotopic (exact) mass is 535 g/mol. The standard InChI is InChI=1S/C26H27F2NO7S/c1-33-22-11-7-19(24(13-22)35-3)15-29(16-20-8-12-23(34-2)14-25(20)36-4)37(31,32)26(27,28)21-9-5-18(17-30)6-10-21/h5-14,17H,15-16H2,1-4H3. The van der Waals surface area contributed by atoms with Crippen LogP contribution in [0.3, 0.4) is 0 Å². The number of nitrogens with zero attached hydrogens (tertiary/aromatic N) is 1. The molecule has 3 aromatic rings. The fraction of sp³-hybridized carbons (Fsp3) is 0.269. The van der Waals surface area contributed by atoms with Gasteiger partial charge in [-0.25, -0.2) is 8.42 Å². The SMILES string of the molecule is COc1ccc(CN(Cc2ccc(OC)cc2OC)S(=O)(=O)C(F)(F)c2ccc(C=O)cc2)c(OC)c1. The molecule has 0 spiro atoms. The van der Waals surface area contributed by atoms with E-state index in [9.17, 15) is 13.2 Å². The van der Waals surface area contributed by atoms with Gasteiger partial charge in [0.05, 0.1) is 28.4 Å². The smallest absolute Gasteiger partial charge is 0.384 e. The Bertz CT molecular complexity index is 1290. The zero-order valence-corrected chi connectivity index (χ0v) is 21.6. The molecule has 0 radical (unpaired) electrons. The lowest BCUT2D eigenvalue weighted by molar-refractivity contribution is 0.0802. The summed E-state index contributed by atoms with van der Waals surface area (Å²) >= 11 is 0. The minimum absolute atomic E-state index is 0.139. The van der Waals surface area contributed by atoms with Gasteiger partial charge in [0, 0.05) is 47.5 Å². The van der Waals surface area contributed by atoms with E-state index in [-0.39, 0.29) is 17.1 Å². The molecule has 37 heavy (non-hydrogen) atoms. The minimum atomic E-state index is -5.31. The van der Waals surface area contributed by atoms with Crippen LogP contribution in [0.25, 0.3) is 0 Å². The number of ether oxygens (including phenoxy) is 4.